The smallest absolute Gasteiger partial charge is 0.338 e. The maximum absolute atomic E-state index is 11.9. The first-order valence-corrected chi connectivity index (χ1v) is 6.25. The molecule has 2 N–H and O–H groups in total. The van der Waals surface area contributed by atoms with Crippen LogP contribution in [0.3, 0.4) is 0 Å². The van der Waals surface area contributed by atoms with Gasteiger partial charge >= 0.3 is 5.97 Å². The van der Waals surface area contributed by atoms with E-state index in [2.05, 4.69) is 0 Å². The summed E-state index contributed by atoms with van der Waals surface area (Å²) in [5.41, 5.74) is 7.09. The summed E-state index contributed by atoms with van der Waals surface area (Å²) in [6.45, 7) is 5.33. The average Bonchev–Trinajstić information content (AvgIpc) is 2.37. The molecule has 1 aromatic carbocycles. The molecule has 0 amide bonds. The van der Waals surface area contributed by atoms with Gasteiger partial charge in [-0.2, -0.15) is 0 Å². The van der Waals surface area contributed by atoms with E-state index >= 15 is 0 Å². The number of carbonyl (C=O) groups excluding carboxylic acids is 1. The van der Waals surface area contributed by atoms with Gasteiger partial charge in [0.05, 0.1) is 12.2 Å². The van der Waals surface area contributed by atoms with E-state index < -0.39 is 0 Å². The van der Waals surface area contributed by atoms with E-state index in [-0.39, 0.29) is 12.1 Å². The fraction of sp³-hybridized carbons (Fsp3) is 0.500. The Morgan fingerprint density at radius 3 is 2.89 bits per heavy atom. The standard InChI is InChI=1S/C14H21NO3/c1-3-17-10-11(2)18-14(16)13-6-4-5-12(9-13)7-8-15/h4-6,9,11H,3,7-8,10,15H2,1-2H3. The third kappa shape index (κ3) is 4.85. The molecule has 0 fully saturated rings. The number of hydrogen-bond donors (Lipinski definition) is 1. The van der Waals surface area contributed by atoms with E-state index in [1.54, 1.807) is 6.07 Å². The molecule has 1 rings (SSSR count). The lowest BCUT2D eigenvalue weighted by atomic mass is 10.1. The van der Waals surface area contributed by atoms with Gasteiger partial charge in [-0.25, -0.2) is 4.79 Å². The van der Waals surface area contributed by atoms with Crippen LogP contribution in [0.2, 0.25) is 0 Å². The molecule has 100 valence electrons. The molecule has 0 aliphatic heterocycles. The van der Waals surface area contributed by atoms with Crippen LogP contribution in [0.1, 0.15) is 29.8 Å². The summed E-state index contributed by atoms with van der Waals surface area (Å²) in [5, 5.41) is 0. The number of carbonyl (C=O) groups is 1. The van der Waals surface area contributed by atoms with Crippen LogP contribution in [0, 0.1) is 0 Å². The predicted octanol–water partition coefficient (Wildman–Crippen LogP) is 1.77. The summed E-state index contributed by atoms with van der Waals surface area (Å²) in [7, 11) is 0. The molecule has 0 aliphatic rings. The number of ether oxygens (including phenoxy) is 2. The summed E-state index contributed by atoms with van der Waals surface area (Å²) in [6, 6.07) is 7.36. The van der Waals surface area contributed by atoms with Crippen LogP contribution >= 0.6 is 0 Å². The second-order valence-electron chi connectivity index (χ2n) is 4.11. The SMILES string of the molecule is CCOCC(C)OC(=O)c1cccc(CCN)c1. The van der Waals surface area contributed by atoms with Crippen molar-refractivity contribution in [1.82, 2.24) is 0 Å². The van der Waals surface area contributed by atoms with Crippen LogP contribution < -0.4 is 5.73 Å². The third-order valence-corrected chi connectivity index (χ3v) is 2.46. The lowest BCUT2D eigenvalue weighted by molar-refractivity contribution is 0.00439. The average molecular weight is 251 g/mol. The fourth-order valence-corrected chi connectivity index (χ4v) is 1.59. The zero-order chi connectivity index (χ0) is 13.4. The fourth-order valence-electron chi connectivity index (χ4n) is 1.59. The van der Waals surface area contributed by atoms with E-state index in [4.69, 9.17) is 15.2 Å². The Balaban J connectivity index is 2.57. The lowest BCUT2D eigenvalue weighted by Crippen LogP contribution is -2.20. The third-order valence-electron chi connectivity index (χ3n) is 2.46. The second-order valence-corrected chi connectivity index (χ2v) is 4.11. The summed E-state index contributed by atoms with van der Waals surface area (Å²) in [5.74, 6) is -0.318. The summed E-state index contributed by atoms with van der Waals surface area (Å²) in [6.07, 6.45) is 0.519. The largest absolute Gasteiger partial charge is 0.457 e. The zero-order valence-corrected chi connectivity index (χ0v) is 11.0. The Bertz CT molecular complexity index is 379. The predicted molar refractivity (Wildman–Crippen MR) is 70.6 cm³/mol. The molecule has 0 heterocycles. The molecular weight excluding hydrogens is 230 g/mol. The van der Waals surface area contributed by atoms with Gasteiger partial charge in [0.25, 0.3) is 0 Å². The minimum Gasteiger partial charge on any atom is -0.457 e. The van der Waals surface area contributed by atoms with Crippen LogP contribution in [-0.4, -0.2) is 31.8 Å². The molecule has 0 spiro atoms. The molecular formula is C14H21NO3. The first kappa shape index (κ1) is 14.7. The molecule has 0 saturated heterocycles. The Labute approximate surface area is 108 Å². The number of nitrogens with two attached hydrogens (primary N) is 1. The summed E-state index contributed by atoms with van der Waals surface area (Å²) >= 11 is 0. The van der Waals surface area contributed by atoms with Crippen molar-refractivity contribution in [2.75, 3.05) is 19.8 Å². The monoisotopic (exact) mass is 251 g/mol. The molecule has 0 radical (unpaired) electrons. The number of benzene rings is 1. The van der Waals surface area contributed by atoms with Gasteiger partial charge in [-0.05, 0) is 44.5 Å². The van der Waals surface area contributed by atoms with Gasteiger partial charge in [0.1, 0.15) is 6.10 Å². The van der Waals surface area contributed by atoms with Gasteiger partial charge in [0, 0.05) is 6.61 Å². The summed E-state index contributed by atoms with van der Waals surface area (Å²) < 4.78 is 10.5. The van der Waals surface area contributed by atoms with Crippen molar-refractivity contribution in [1.29, 1.82) is 0 Å². The second kappa shape index (κ2) is 7.84. The number of esters is 1. The highest BCUT2D eigenvalue weighted by Crippen LogP contribution is 2.08. The molecule has 0 bridgehead atoms. The number of hydrogen-bond acceptors (Lipinski definition) is 4. The molecule has 1 atom stereocenters. The molecule has 4 nitrogen and oxygen atoms in total. The minimum atomic E-state index is -0.318. The van der Waals surface area contributed by atoms with Gasteiger partial charge in [0.15, 0.2) is 0 Å². The van der Waals surface area contributed by atoms with Crippen LogP contribution in [0.5, 0.6) is 0 Å². The van der Waals surface area contributed by atoms with Crippen molar-refractivity contribution in [3.8, 4) is 0 Å². The molecule has 1 aromatic rings. The summed E-state index contributed by atoms with van der Waals surface area (Å²) in [4.78, 5) is 11.9. The van der Waals surface area contributed by atoms with Crippen LogP contribution in [0.15, 0.2) is 24.3 Å². The molecule has 4 heteroatoms. The minimum absolute atomic E-state index is 0.240. The van der Waals surface area contributed by atoms with Crippen molar-refractivity contribution in [2.45, 2.75) is 26.4 Å². The Morgan fingerprint density at radius 1 is 1.44 bits per heavy atom. The van der Waals surface area contributed by atoms with Crippen molar-refractivity contribution >= 4 is 5.97 Å². The topological polar surface area (TPSA) is 61.5 Å². The molecule has 18 heavy (non-hydrogen) atoms. The van der Waals surface area contributed by atoms with Crippen molar-refractivity contribution < 1.29 is 14.3 Å². The highest BCUT2D eigenvalue weighted by Gasteiger charge is 2.12. The van der Waals surface area contributed by atoms with E-state index in [1.165, 1.54) is 0 Å². The maximum atomic E-state index is 11.9. The molecule has 0 aliphatic carbocycles. The highest BCUT2D eigenvalue weighted by molar-refractivity contribution is 5.89. The van der Waals surface area contributed by atoms with Gasteiger partial charge in [-0.3, -0.25) is 0 Å². The first-order chi connectivity index (χ1) is 8.67. The Kier molecular flexibility index (Phi) is 6.39. The Morgan fingerprint density at radius 2 is 2.22 bits per heavy atom. The van der Waals surface area contributed by atoms with Crippen LogP contribution in [0.4, 0.5) is 0 Å². The van der Waals surface area contributed by atoms with Crippen molar-refractivity contribution in [3.05, 3.63) is 35.4 Å². The van der Waals surface area contributed by atoms with E-state index in [0.29, 0.717) is 25.3 Å². The van der Waals surface area contributed by atoms with Gasteiger partial charge in [-0.1, -0.05) is 12.1 Å². The van der Waals surface area contributed by atoms with E-state index in [9.17, 15) is 4.79 Å². The lowest BCUT2D eigenvalue weighted by Gasteiger charge is -2.13. The zero-order valence-electron chi connectivity index (χ0n) is 11.0. The molecule has 0 aromatic heterocycles. The maximum Gasteiger partial charge on any atom is 0.338 e. The Hall–Kier alpha value is -1.39. The van der Waals surface area contributed by atoms with E-state index in [1.807, 2.05) is 32.0 Å². The van der Waals surface area contributed by atoms with Gasteiger partial charge in [-0.15, -0.1) is 0 Å². The highest BCUT2D eigenvalue weighted by atomic mass is 16.6. The van der Waals surface area contributed by atoms with Crippen molar-refractivity contribution in [3.63, 3.8) is 0 Å². The van der Waals surface area contributed by atoms with Crippen LogP contribution in [0.25, 0.3) is 0 Å². The molecule has 0 saturated carbocycles. The number of rotatable bonds is 7. The van der Waals surface area contributed by atoms with E-state index in [0.717, 1.165) is 12.0 Å². The van der Waals surface area contributed by atoms with Crippen LogP contribution in [-0.2, 0) is 15.9 Å². The van der Waals surface area contributed by atoms with Crippen molar-refractivity contribution in [2.24, 2.45) is 5.73 Å². The van der Waals surface area contributed by atoms with Gasteiger partial charge < -0.3 is 15.2 Å². The quantitative estimate of drug-likeness (QED) is 0.750. The normalized spacial score (nSPS) is 12.2. The van der Waals surface area contributed by atoms with Gasteiger partial charge in [0.2, 0.25) is 0 Å². The molecule has 1 unspecified atom stereocenters. The first-order valence-electron chi connectivity index (χ1n) is 6.25.